The SMILES string of the molecule is COc1ccc(NC(=O)[C@@H](OC(=O)c2cccc(O)c2)c2ccccc2)cc1Cl. The van der Waals surface area contributed by atoms with Crippen molar-refractivity contribution in [2.75, 3.05) is 12.4 Å². The molecule has 0 fully saturated rings. The third kappa shape index (κ3) is 5.06. The summed E-state index contributed by atoms with van der Waals surface area (Å²) in [4.78, 5) is 25.4. The van der Waals surface area contributed by atoms with Gasteiger partial charge in [-0.2, -0.15) is 0 Å². The molecule has 0 aliphatic heterocycles. The van der Waals surface area contributed by atoms with Gasteiger partial charge in [-0.3, -0.25) is 4.79 Å². The van der Waals surface area contributed by atoms with Crippen molar-refractivity contribution in [3.05, 3.63) is 88.9 Å². The first kappa shape index (κ1) is 20.2. The molecule has 0 unspecified atom stereocenters. The largest absolute Gasteiger partial charge is 0.508 e. The fourth-order valence-corrected chi connectivity index (χ4v) is 2.92. The molecule has 3 aromatic carbocycles. The Bertz CT molecular complexity index is 1020. The van der Waals surface area contributed by atoms with Crippen LogP contribution < -0.4 is 10.1 Å². The monoisotopic (exact) mass is 411 g/mol. The lowest BCUT2D eigenvalue weighted by Crippen LogP contribution is -2.26. The van der Waals surface area contributed by atoms with Crippen molar-refractivity contribution in [2.24, 2.45) is 0 Å². The normalized spacial score (nSPS) is 11.4. The number of ether oxygens (including phenoxy) is 2. The predicted octanol–water partition coefficient (Wildman–Crippen LogP) is 4.59. The van der Waals surface area contributed by atoms with Crippen molar-refractivity contribution in [3.63, 3.8) is 0 Å². The number of methoxy groups -OCH3 is 1. The molecule has 29 heavy (non-hydrogen) atoms. The molecule has 0 saturated carbocycles. The highest BCUT2D eigenvalue weighted by Crippen LogP contribution is 2.28. The van der Waals surface area contributed by atoms with E-state index in [9.17, 15) is 14.7 Å². The first-order valence-electron chi connectivity index (χ1n) is 8.67. The molecular weight excluding hydrogens is 394 g/mol. The van der Waals surface area contributed by atoms with Gasteiger partial charge >= 0.3 is 5.97 Å². The van der Waals surface area contributed by atoms with E-state index in [-0.39, 0.29) is 11.3 Å². The zero-order valence-corrected chi connectivity index (χ0v) is 16.2. The standard InChI is InChI=1S/C22H18ClNO5/c1-28-19-11-10-16(13-18(19)23)24-21(26)20(14-6-3-2-4-7-14)29-22(27)15-8-5-9-17(25)12-15/h2-13,20,25H,1H3,(H,24,26)/t20-/m0/s1. The van der Waals surface area contributed by atoms with Gasteiger partial charge in [0.2, 0.25) is 6.10 Å². The van der Waals surface area contributed by atoms with E-state index in [1.165, 1.54) is 37.4 Å². The molecule has 1 atom stereocenters. The summed E-state index contributed by atoms with van der Waals surface area (Å²) in [6.45, 7) is 0. The number of phenolic OH excluding ortho intramolecular Hbond substituents is 1. The van der Waals surface area contributed by atoms with Crippen LogP contribution in [0.15, 0.2) is 72.8 Å². The van der Waals surface area contributed by atoms with Crippen LogP contribution in [-0.2, 0) is 9.53 Å². The Morgan fingerprint density at radius 1 is 1.00 bits per heavy atom. The fraction of sp³-hybridized carbons (Fsp3) is 0.0909. The molecule has 0 radical (unpaired) electrons. The second-order valence-electron chi connectivity index (χ2n) is 6.08. The number of phenols is 1. The Morgan fingerprint density at radius 3 is 2.41 bits per heavy atom. The summed E-state index contributed by atoms with van der Waals surface area (Å²) in [5.41, 5.74) is 1.06. The number of benzene rings is 3. The van der Waals surface area contributed by atoms with Gasteiger partial charge in [0.05, 0.1) is 17.7 Å². The van der Waals surface area contributed by atoms with Gasteiger partial charge in [0.25, 0.3) is 5.91 Å². The number of hydrogen-bond donors (Lipinski definition) is 2. The molecule has 1 amide bonds. The smallest absolute Gasteiger partial charge is 0.339 e. The molecular formula is C22H18ClNO5. The van der Waals surface area contributed by atoms with E-state index in [1.807, 2.05) is 0 Å². The molecule has 3 aromatic rings. The molecule has 0 heterocycles. The summed E-state index contributed by atoms with van der Waals surface area (Å²) in [7, 11) is 1.49. The molecule has 0 aromatic heterocycles. The van der Waals surface area contributed by atoms with Crippen molar-refractivity contribution in [2.45, 2.75) is 6.10 Å². The van der Waals surface area contributed by atoms with Gasteiger partial charge in [-0.25, -0.2) is 4.79 Å². The van der Waals surface area contributed by atoms with Crippen molar-refractivity contribution >= 4 is 29.2 Å². The summed E-state index contributed by atoms with van der Waals surface area (Å²) in [5.74, 6) is -0.892. The highest BCUT2D eigenvalue weighted by atomic mass is 35.5. The highest BCUT2D eigenvalue weighted by Gasteiger charge is 2.26. The van der Waals surface area contributed by atoms with Gasteiger partial charge in [0.15, 0.2) is 0 Å². The Labute approximate surface area is 172 Å². The summed E-state index contributed by atoms with van der Waals surface area (Å²) in [6, 6.07) is 19.1. The van der Waals surface area contributed by atoms with E-state index in [0.29, 0.717) is 22.0 Å². The molecule has 2 N–H and O–H groups in total. The lowest BCUT2D eigenvalue weighted by atomic mass is 10.1. The number of esters is 1. The van der Waals surface area contributed by atoms with E-state index in [1.54, 1.807) is 42.5 Å². The number of nitrogens with one attached hydrogen (secondary N) is 1. The van der Waals surface area contributed by atoms with Gasteiger partial charge in [0.1, 0.15) is 11.5 Å². The molecule has 0 aliphatic rings. The van der Waals surface area contributed by atoms with Gasteiger partial charge in [-0.1, -0.05) is 48.0 Å². The van der Waals surface area contributed by atoms with Crippen LogP contribution in [0.3, 0.4) is 0 Å². The molecule has 0 bridgehead atoms. The topological polar surface area (TPSA) is 84.9 Å². The first-order chi connectivity index (χ1) is 14.0. The molecule has 6 nitrogen and oxygen atoms in total. The Kier molecular flexibility index (Phi) is 6.36. The van der Waals surface area contributed by atoms with Crippen LogP contribution in [0.2, 0.25) is 5.02 Å². The van der Waals surface area contributed by atoms with E-state index in [4.69, 9.17) is 21.1 Å². The molecule has 3 rings (SSSR count). The molecule has 0 spiro atoms. The molecule has 0 aliphatic carbocycles. The fourth-order valence-electron chi connectivity index (χ4n) is 2.66. The lowest BCUT2D eigenvalue weighted by Gasteiger charge is -2.18. The zero-order valence-electron chi connectivity index (χ0n) is 15.5. The number of halogens is 1. The van der Waals surface area contributed by atoms with Crippen molar-refractivity contribution in [1.82, 2.24) is 0 Å². The average molecular weight is 412 g/mol. The summed E-state index contributed by atoms with van der Waals surface area (Å²) in [5, 5.41) is 12.6. The van der Waals surface area contributed by atoms with E-state index < -0.39 is 18.0 Å². The van der Waals surface area contributed by atoms with Crippen LogP contribution in [0, 0.1) is 0 Å². The van der Waals surface area contributed by atoms with Crippen molar-refractivity contribution in [3.8, 4) is 11.5 Å². The van der Waals surface area contributed by atoms with E-state index in [2.05, 4.69) is 5.32 Å². The second-order valence-corrected chi connectivity index (χ2v) is 6.49. The minimum atomic E-state index is -1.20. The highest BCUT2D eigenvalue weighted by molar-refractivity contribution is 6.32. The number of carbonyl (C=O) groups excluding carboxylic acids is 2. The number of anilines is 1. The van der Waals surface area contributed by atoms with E-state index >= 15 is 0 Å². The number of amides is 1. The Morgan fingerprint density at radius 2 is 1.76 bits per heavy atom. The lowest BCUT2D eigenvalue weighted by molar-refractivity contribution is -0.125. The molecule has 7 heteroatoms. The van der Waals surface area contributed by atoms with Crippen LogP contribution in [0.4, 0.5) is 5.69 Å². The van der Waals surface area contributed by atoms with Crippen molar-refractivity contribution < 1.29 is 24.2 Å². The van der Waals surface area contributed by atoms with Gasteiger partial charge in [-0.15, -0.1) is 0 Å². The third-order valence-corrected chi connectivity index (χ3v) is 4.36. The minimum Gasteiger partial charge on any atom is -0.508 e. The maximum atomic E-state index is 12.9. The number of aromatic hydroxyl groups is 1. The molecule has 148 valence electrons. The van der Waals surface area contributed by atoms with Gasteiger partial charge in [0, 0.05) is 11.3 Å². The maximum absolute atomic E-state index is 12.9. The minimum absolute atomic E-state index is 0.0759. The van der Waals surface area contributed by atoms with Crippen LogP contribution in [0.5, 0.6) is 11.5 Å². The second kappa shape index (κ2) is 9.12. The Balaban J connectivity index is 1.84. The number of hydrogen-bond acceptors (Lipinski definition) is 5. The Hall–Kier alpha value is -3.51. The molecule has 0 saturated heterocycles. The van der Waals surface area contributed by atoms with Crippen molar-refractivity contribution in [1.29, 1.82) is 0 Å². The van der Waals surface area contributed by atoms with Crippen LogP contribution in [0.1, 0.15) is 22.0 Å². The first-order valence-corrected chi connectivity index (χ1v) is 9.05. The van der Waals surface area contributed by atoms with Crippen LogP contribution in [-0.4, -0.2) is 24.1 Å². The number of carbonyl (C=O) groups is 2. The zero-order chi connectivity index (χ0) is 20.8. The quantitative estimate of drug-likeness (QED) is 0.579. The average Bonchev–Trinajstić information content (AvgIpc) is 2.72. The maximum Gasteiger partial charge on any atom is 0.339 e. The number of rotatable bonds is 6. The van der Waals surface area contributed by atoms with Gasteiger partial charge < -0.3 is 19.9 Å². The summed E-state index contributed by atoms with van der Waals surface area (Å²) < 4.78 is 10.6. The summed E-state index contributed by atoms with van der Waals surface area (Å²) in [6.07, 6.45) is -1.20. The summed E-state index contributed by atoms with van der Waals surface area (Å²) >= 11 is 6.10. The third-order valence-electron chi connectivity index (χ3n) is 4.07. The predicted molar refractivity (Wildman–Crippen MR) is 109 cm³/mol. The van der Waals surface area contributed by atoms with Crippen LogP contribution in [0.25, 0.3) is 0 Å². The van der Waals surface area contributed by atoms with E-state index in [0.717, 1.165) is 0 Å². The van der Waals surface area contributed by atoms with Crippen LogP contribution >= 0.6 is 11.6 Å². The van der Waals surface area contributed by atoms with Gasteiger partial charge in [-0.05, 0) is 36.4 Å².